The summed E-state index contributed by atoms with van der Waals surface area (Å²) in [6, 6.07) is 6.33. The fraction of sp³-hybridized carbons (Fsp3) is 0.488. The Morgan fingerprint density at radius 1 is 1.05 bits per heavy atom. The second-order valence-corrected chi connectivity index (χ2v) is 16.5. The molecule has 0 radical (unpaired) electrons. The molecule has 5 aromatic rings. The molecule has 11 nitrogen and oxygen atoms in total. The summed E-state index contributed by atoms with van der Waals surface area (Å²) in [6.07, 6.45) is 12.3. The number of hydrogen-bond acceptors (Lipinski definition) is 11. The second-order valence-electron chi connectivity index (χ2n) is 16.5. The Labute approximate surface area is 327 Å². The zero-order chi connectivity index (χ0) is 39.2. The van der Waals surface area contributed by atoms with E-state index in [1.165, 1.54) is 6.07 Å². The van der Waals surface area contributed by atoms with Crippen LogP contribution in [0.1, 0.15) is 81.1 Å². The first-order valence-corrected chi connectivity index (χ1v) is 20.2. The summed E-state index contributed by atoms with van der Waals surface area (Å²) in [5.41, 5.74) is 7.13. The highest BCUT2D eigenvalue weighted by molar-refractivity contribution is 6.04. The standard InChI is InChI=1S/C43H44F3N7O4/c1-3-7-33-34(57-42(54)56-33)21-52-26-11-13-32(52)31-9-5-8-30-36-39(37(46)38(48-30)28-17-25(47)16-23-10-12-29(45)27(4-2)35(23)28)49-41(50-40(36)53(31)20-26)55-22-43-14-6-15-51(43)19-24(44)18-43/h2,10,12,16-17,24,26,31-32H,3,5-9,11,13-15,18-22,47H2,1H3/t24-,26-,31?,32+,43+/m1/s1. The summed E-state index contributed by atoms with van der Waals surface area (Å²) in [5, 5.41) is 1.41. The van der Waals surface area contributed by atoms with Crippen LogP contribution < -0.4 is 21.2 Å². The molecule has 5 aliphatic rings. The van der Waals surface area contributed by atoms with E-state index in [2.05, 4.69) is 20.6 Å². The van der Waals surface area contributed by atoms with Gasteiger partial charge in [0.15, 0.2) is 17.3 Å². The number of nitrogens with two attached hydrogens (primary N) is 1. The van der Waals surface area contributed by atoms with Crippen LogP contribution in [0.3, 0.4) is 0 Å². The molecule has 57 heavy (non-hydrogen) atoms. The van der Waals surface area contributed by atoms with E-state index >= 15 is 8.78 Å². The summed E-state index contributed by atoms with van der Waals surface area (Å²) in [7, 11) is 0. The zero-order valence-corrected chi connectivity index (χ0v) is 31.8. The van der Waals surface area contributed by atoms with Gasteiger partial charge in [0.05, 0.1) is 28.7 Å². The van der Waals surface area contributed by atoms with Gasteiger partial charge in [-0.05, 0) is 81.5 Å². The number of aryl methyl sites for hydroxylation is 2. The molecular weight excluding hydrogens is 736 g/mol. The third kappa shape index (κ3) is 5.87. The van der Waals surface area contributed by atoms with Gasteiger partial charge in [-0.25, -0.2) is 22.9 Å². The topological polar surface area (TPSA) is 127 Å². The molecule has 2 bridgehead atoms. The molecule has 2 N–H and O–H groups in total. The molecule has 5 aliphatic heterocycles. The Kier molecular flexibility index (Phi) is 8.75. The molecule has 4 fully saturated rings. The van der Waals surface area contributed by atoms with Crippen molar-refractivity contribution >= 4 is 33.2 Å². The van der Waals surface area contributed by atoms with Gasteiger partial charge in [-0.2, -0.15) is 9.97 Å². The lowest BCUT2D eigenvalue weighted by molar-refractivity contribution is 0.106. The molecule has 296 valence electrons. The first kappa shape index (κ1) is 36.2. The van der Waals surface area contributed by atoms with Crippen molar-refractivity contribution in [1.29, 1.82) is 0 Å². The number of pyridine rings is 1. The Bertz CT molecular complexity index is 2530. The number of nitrogen functional groups attached to an aromatic ring is 1. The number of rotatable bonds is 8. The van der Waals surface area contributed by atoms with Gasteiger partial charge in [0.2, 0.25) is 0 Å². The van der Waals surface area contributed by atoms with Crippen LogP contribution in [-0.4, -0.2) is 80.8 Å². The van der Waals surface area contributed by atoms with E-state index in [-0.39, 0.29) is 53.1 Å². The number of piperazine rings is 1. The molecule has 3 aromatic heterocycles. The van der Waals surface area contributed by atoms with Gasteiger partial charge in [-0.3, -0.25) is 9.80 Å². The van der Waals surface area contributed by atoms with Gasteiger partial charge < -0.3 is 24.2 Å². The molecule has 0 amide bonds. The highest BCUT2D eigenvalue weighted by Gasteiger charge is 2.50. The Balaban J connectivity index is 1.12. The lowest BCUT2D eigenvalue weighted by Gasteiger charge is -2.48. The minimum absolute atomic E-state index is 0.00362. The summed E-state index contributed by atoms with van der Waals surface area (Å²) >= 11 is 0. The van der Waals surface area contributed by atoms with E-state index in [0.29, 0.717) is 83.8 Å². The number of nitrogens with zero attached hydrogens (tertiary/aromatic N) is 6. The predicted molar refractivity (Wildman–Crippen MR) is 209 cm³/mol. The van der Waals surface area contributed by atoms with Crippen molar-refractivity contribution in [3.05, 3.63) is 69.3 Å². The number of hydrogen-bond donors (Lipinski definition) is 1. The summed E-state index contributed by atoms with van der Waals surface area (Å²) in [6.45, 7) is 4.43. The lowest BCUT2D eigenvalue weighted by atomic mass is 9.92. The highest BCUT2D eigenvalue weighted by Crippen LogP contribution is 2.46. The van der Waals surface area contributed by atoms with Gasteiger partial charge in [0.25, 0.3) is 0 Å². The van der Waals surface area contributed by atoms with Crippen LogP contribution in [0.15, 0.2) is 37.9 Å². The Hall–Kier alpha value is -5.13. The van der Waals surface area contributed by atoms with Gasteiger partial charge in [0, 0.05) is 60.7 Å². The molecule has 0 aliphatic carbocycles. The maximum atomic E-state index is 17.6. The number of ether oxygens (including phenoxy) is 1. The average Bonchev–Trinajstić information content (AvgIpc) is 3.91. The molecule has 0 spiro atoms. The number of aromatic nitrogens is 3. The van der Waals surface area contributed by atoms with Crippen LogP contribution in [0.5, 0.6) is 6.01 Å². The molecule has 1 unspecified atom stereocenters. The zero-order valence-electron chi connectivity index (χ0n) is 31.8. The third-order valence-corrected chi connectivity index (χ3v) is 13.2. The van der Waals surface area contributed by atoms with Gasteiger partial charge in [-0.1, -0.05) is 18.9 Å². The fourth-order valence-corrected chi connectivity index (χ4v) is 10.8. The summed E-state index contributed by atoms with van der Waals surface area (Å²) in [5.74, 6) is 2.18. The molecule has 10 rings (SSSR count). The van der Waals surface area contributed by atoms with E-state index in [1.807, 2.05) is 6.92 Å². The summed E-state index contributed by atoms with van der Waals surface area (Å²) in [4.78, 5) is 33.9. The number of halogens is 3. The number of anilines is 2. The first-order valence-electron chi connectivity index (χ1n) is 20.2. The van der Waals surface area contributed by atoms with Crippen LogP contribution in [0, 0.1) is 24.0 Å². The van der Waals surface area contributed by atoms with Crippen LogP contribution >= 0.6 is 0 Å². The number of fused-ring (bicyclic) bond motifs is 7. The molecule has 0 saturated carbocycles. The van der Waals surface area contributed by atoms with Crippen molar-refractivity contribution in [3.63, 3.8) is 0 Å². The van der Waals surface area contributed by atoms with E-state index in [1.54, 1.807) is 18.2 Å². The highest BCUT2D eigenvalue weighted by atomic mass is 19.1. The molecule has 5 atom stereocenters. The number of benzene rings is 2. The maximum absolute atomic E-state index is 17.6. The fourth-order valence-electron chi connectivity index (χ4n) is 10.8. The average molecular weight is 780 g/mol. The normalized spacial score (nSPS) is 25.8. The quantitative estimate of drug-likeness (QED) is 0.134. The van der Waals surface area contributed by atoms with Crippen molar-refractivity contribution in [2.75, 3.05) is 36.9 Å². The number of terminal acetylenes is 1. The first-order chi connectivity index (χ1) is 27.6. The largest absolute Gasteiger partial charge is 0.519 e. The van der Waals surface area contributed by atoms with E-state index in [4.69, 9.17) is 40.7 Å². The molecule has 2 aromatic carbocycles. The van der Waals surface area contributed by atoms with Crippen molar-refractivity contribution in [1.82, 2.24) is 24.8 Å². The smallest absolute Gasteiger partial charge is 0.461 e. The summed E-state index contributed by atoms with van der Waals surface area (Å²) < 4.78 is 65.0. The Morgan fingerprint density at radius 2 is 1.91 bits per heavy atom. The van der Waals surface area contributed by atoms with Crippen molar-refractivity contribution in [2.24, 2.45) is 0 Å². The number of alkyl halides is 1. The second kappa shape index (κ2) is 13.8. The predicted octanol–water partition coefficient (Wildman–Crippen LogP) is 6.70. The molecule has 4 saturated heterocycles. The molecular formula is C43H44F3N7O4. The van der Waals surface area contributed by atoms with E-state index in [9.17, 15) is 9.18 Å². The van der Waals surface area contributed by atoms with Crippen molar-refractivity contribution in [2.45, 2.75) is 108 Å². The van der Waals surface area contributed by atoms with Crippen LogP contribution in [0.4, 0.5) is 24.7 Å². The SMILES string of the molecule is C#Cc1c(F)ccc2cc(N)cc(-c3nc4c5c(nc(OC[C@@]67CCCN6C[C@H](F)C7)nc5c3F)N3C[C@H]5CC[C@@H](C3CCC4)N5Cc3oc(=O)oc3CCC)c12. The van der Waals surface area contributed by atoms with Crippen molar-refractivity contribution < 1.29 is 26.7 Å². The van der Waals surface area contributed by atoms with Crippen LogP contribution in [0.25, 0.3) is 32.9 Å². The maximum Gasteiger partial charge on any atom is 0.519 e. The van der Waals surface area contributed by atoms with Gasteiger partial charge in [-0.15, -0.1) is 6.42 Å². The van der Waals surface area contributed by atoms with Gasteiger partial charge >= 0.3 is 11.8 Å². The molecule has 8 heterocycles. The minimum Gasteiger partial charge on any atom is -0.461 e. The van der Waals surface area contributed by atoms with Gasteiger partial charge in [0.1, 0.15) is 35.6 Å². The lowest BCUT2D eigenvalue weighted by Crippen LogP contribution is -2.60. The van der Waals surface area contributed by atoms with E-state index in [0.717, 1.165) is 51.5 Å². The minimum atomic E-state index is -0.944. The monoisotopic (exact) mass is 779 g/mol. The van der Waals surface area contributed by atoms with Crippen LogP contribution in [-0.2, 0) is 19.4 Å². The Morgan fingerprint density at radius 3 is 2.75 bits per heavy atom. The third-order valence-electron chi connectivity index (χ3n) is 13.2. The van der Waals surface area contributed by atoms with E-state index < -0.39 is 29.2 Å². The van der Waals surface area contributed by atoms with Crippen molar-refractivity contribution in [3.8, 4) is 29.6 Å². The van der Waals surface area contributed by atoms with Crippen LogP contribution in [0.2, 0.25) is 0 Å². The molecule has 14 heteroatoms.